The van der Waals surface area contributed by atoms with Crippen LogP contribution < -0.4 is 10.6 Å². The lowest BCUT2D eigenvalue weighted by Crippen LogP contribution is -2.51. The summed E-state index contributed by atoms with van der Waals surface area (Å²) in [6.45, 7) is 17.2. The van der Waals surface area contributed by atoms with Crippen molar-refractivity contribution in [1.82, 2.24) is 40.4 Å². The standard InChI is InChI=1S/C44H58N8O6/c1-27(2)23-51(41(53)39(29(5)6)49-43(55)57-9)25-37-45-21-35(47-37)33-17-13-31(14-18-33)11-12-32-15-19-34(20-16-32)36-22-46-38(48-36)26-52(24-28(3)4)42(54)40(30(7)8)50-44(56)58-10/h13-22,27-30,39-40H,23-26H2,1-10H3,(H,45,47)(H,46,48)(H,49,55)(H,50,56). The minimum Gasteiger partial charge on any atom is -0.453 e. The van der Waals surface area contributed by atoms with Crippen LogP contribution in [0.3, 0.4) is 0 Å². The number of amides is 4. The Bertz CT molecular complexity index is 1900. The van der Waals surface area contributed by atoms with Gasteiger partial charge in [-0.1, -0.05) is 91.5 Å². The summed E-state index contributed by atoms with van der Waals surface area (Å²) >= 11 is 0. The summed E-state index contributed by atoms with van der Waals surface area (Å²) in [5.74, 6) is 7.50. The quantitative estimate of drug-likeness (QED) is 0.0919. The van der Waals surface area contributed by atoms with Gasteiger partial charge in [0, 0.05) is 24.2 Å². The molecule has 58 heavy (non-hydrogen) atoms. The molecule has 2 aromatic carbocycles. The van der Waals surface area contributed by atoms with Crippen LogP contribution in [-0.4, -0.2) is 93.1 Å². The number of methoxy groups -OCH3 is 2. The first-order valence-electron chi connectivity index (χ1n) is 19.7. The fourth-order valence-electron chi connectivity index (χ4n) is 6.29. The van der Waals surface area contributed by atoms with Gasteiger partial charge in [0.05, 0.1) is 51.1 Å². The van der Waals surface area contributed by atoms with Gasteiger partial charge in [0.25, 0.3) is 0 Å². The molecule has 0 fully saturated rings. The second-order valence-corrected chi connectivity index (χ2v) is 15.8. The number of nitrogens with zero attached hydrogens (tertiary/aromatic N) is 4. The van der Waals surface area contributed by atoms with E-state index >= 15 is 0 Å². The predicted molar refractivity (Wildman–Crippen MR) is 223 cm³/mol. The van der Waals surface area contributed by atoms with E-state index in [1.54, 1.807) is 22.2 Å². The van der Waals surface area contributed by atoms with Gasteiger partial charge in [0.15, 0.2) is 0 Å². The number of carbonyl (C=O) groups excluding carboxylic acids is 4. The van der Waals surface area contributed by atoms with Gasteiger partial charge in [0.2, 0.25) is 11.8 Å². The largest absolute Gasteiger partial charge is 0.453 e. The molecular formula is C44H58N8O6. The summed E-state index contributed by atoms with van der Waals surface area (Å²) in [7, 11) is 2.56. The van der Waals surface area contributed by atoms with Gasteiger partial charge in [-0.2, -0.15) is 0 Å². The van der Waals surface area contributed by atoms with E-state index in [2.05, 4.69) is 42.4 Å². The van der Waals surface area contributed by atoms with Gasteiger partial charge in [-0.05, 0) is 59.1 Å². The van der Waals surface area contributed by atoms with E-state index in [1.807, 2.05) is 104 Å². The first-order chi connectivity index (χ1) is 27.6. The zero-order valence-electron chi connectivity index (χ0n) is 35.3. The Morgan fingerprint density at radius 2 is 0.948 bits per heavy atom. The SMILES string of the molecule is COC(=O)NC(C(=O)N(Cc1ncc(-c2ccc(C#Cc3ccc(-c4cnc(CN(CC(C)C)C(=O)C(NC(=O)OC)C(C)C)[nH]4)cc3)cc2)[nH]1)CC(C)C)C(C)C. The maximum Gasteiger partial charge on any atom is 0.407 e. The number of aromatic nitrogens is 4. The molecule has 2 heterocycles. The van der Waals surface area contributed by atoms with Crippen LogP contribution in [0.15, 0.2) is 60.9 Å². The molecule has 14 nitrogen and oxygen atoms in total. The zero-order valence-corrected chi connectivity index (χ0v) is 35.3. The van der Waals surface area contributed by atoms with Gasteiger partial charge in [-0.25, -0.2) is 19.6 Å². The van der Waals surface area contributed by atoms with Crippen molar-refractivity contribution in [2.75, 3.05) is 27.3 Å². The Labute approximate surface area is 341 Å². The highest BCUT2D eigenvalue weighted by atomic mass is 16.5. The summed E-state index contributed by atoms with van der Waals surface area (Å²) in [5, 5.41) is 5.35. The van der Waals surface area contributed by atoms with Crippen LogP contribution in [0.4, 0.5) is 9.59 Å². The van der Waals surface area contributed by atoms with Crippen molar-refractivity contribution in [3.05, 3.63) is 83.7 Å². The van der Waals surface area contributed by atoms with Gasteiger partial charge in [-0.15, -0.1) is 0 Å². The van der Waals surface area contributed by atoms with Crippen LogP contribution in [0.25, 0.3) is 22.5 Å². The van der Waals surface area contributed by atoms with Crippen LogP contribution in [0.2, 0.25) is 0 Å². The number of hydrogen-bond acceptors (Lipinski definition) is 8. The molecule has 0 radical (unpaired) electrons. The molecule has 0 bridgehead atoms. The monoisotopic (exact) mass is 794 g/mol. The maximum atomic E-state index is 13.6. The molecule has 4 N–H and O–H groups in total. The molecule has 4 aromatic rings. The van der Waals surface area contributed by atoms with Crippen molar-refractivity contribution in [3.63, 3.8) is 0 Å². The third kappa shape index (κ3) is 12.7. The lowest BCUT2D eigenvalue weighted by atomic mass is 10.0. The van der Waals surface area contributed by atoms with E-state index in [0.29, 0.717) is 24.7 Å². The molecule has 0 aliphatic carbocycles. The Balaban J connectivity index is 1.40. The van der Waals surface area contributed by atoms with Crippen molar-refractivity contribution in [1.29, 1.82) is 0 Å². The minimum absolute atomic E-state index is 0.133. The summed E-state index contributed by atoms with van der Waals surface area (Å²) in [6.07, 6.45) is 2.21. The van der Waals surface area contributed by atoms with Gasteiger partial charge in [-0.3, -0.25) is 9.59 Å². The maximum absolute atomic E-state index is 13.6. The van der Waals surface area contributed by atoms with E-state index in [-0.39, 0.29) is 48.6 Å². The summed E-state index contributed by atoms with van der Waals surface area (Å²) in [6, 6.07) is 14.2. The van der Waals surface area contributed by atoms with Crippen LogP contribution in [0.1, 0.15) is 78.2 Å². The highest BCUT2D eigenvalue weighted by molar-refractivity contribution is 5.86. The number of H-pyrrole nitrogens is 2. The predicted octanol–water partition coefficient (Wildman–Crippen LogP) is 6.60. The second kappa shape index (κ2) is 20.9. The first kappa shape index (κ1) is 44.6. The molecule has 2 aromatic heterocycles. The van der Waals surface area contributed by atoms with Crippen LogP contribution in [0, 0.1) is 35.5 Å². The molecule has 310 valence electrons. The van der Waals surface area contributed by atoms with Crippen molar-refractivity contribution in [2.45, 2.75) is 80.6 Å². The lowest BCUT2D eigenvalue weighted by Gasteiger charge is -2.30. The third-order valence-corrected chi connectivity index (χ3v) is 9.26. The lowest BCUT2D eigenvalue weighted by molar-refractivity contribution is -0.136. The molecule has 0 aliphatic heterocycles. The molecular weight excluding hydrogens is 737 g/mol. The summed E-state index contributed by atoms with van der Waals surface area (Å²) < 4.78 is 9.50. The molecule has 2 atom stereocenters. The van der Waals surface area contributed by atoms with Crippen molar-refractivity contribution >= 4 is 24.0 Å². The van der Waals surface area contributed by atoms with Crippen LogP contribution in [0.5, 0.6) is 0 Å². The van der Waals surface area contributed by atoms with E-state index < -0.39 is 24.3 Å². The summed E-state index contributed by atoms with van der Waals surface area (Å²) in [4.78, 5) is 70.3. The first-order valence-corrected chi connectivity index (χ1v) is 19.7. The van der Waals surface area contributed by atoms with Crippen molar-refractivity contribution in [2.24, 2.45) is 23.7 Å². The molecule has 0 saturated carbocycles. The van der Waals surface area contributed by atoms with Gasteiger partial charge < -0.3 is 39.9 Å². The molecule has 2 unspecified atom stereocenters. The average Bonchev–Trinajstić information content (AvgIpc) is 3.87. The van der Waals surface area contributed by atoms with E-state index in [4.69, 9.17) is 9.47 Å². The molecule has 0 saturated heterocycles. The number of ether oxygens (including phenoxy) is 2. The molecule has 14 heteroatoms. The van der Waals surface area contributed by atoms with E-state index in [1.165, 1.54) is 14.2 Å². The van der Waals surface area contributed by atoms with E-state index in [0.717, 1.165) is 33.6 Å². The zero-order chi connectivity index (χ0) is 42.5. The normalized spacial score (nSPS) is 12.2. The second-order valence-electron chi connectivity index (χ2n) is 15.8. The Morgan fingerprint density at radius 1 is 0.603 bits per heavy atom. The molecule has 0 spiro atoms. The average molecular weight is 795 g/mol. The highest BCUT2D eigenvalue weighted by Gasteiger charge is 2.31. The Kier molecular flexibility index (Phi) is 16.1. The molecule has 4 rings (SSSR count). The molecule has 4 amide bonds. The number of imidazole rings is 2. The minimum atomic E-state index is -0.726. The van der Waals surface area contributed by atoms with Gasteiger partial charge in [0.1, 0.15) is 23.7 Å². The number of aromatic amines is 2. The number of alkyl carbamates (subject to hydrolysis) is 2. The van der Waals surface area contributed by atoms with Crippen LogP contribution >= 0.6 is 0 Å². The Morgan fingerprint density at radius 3 is 1.24 bits per heavy atom. The smallest absolute Gasteiger partial charge is 0.407 e. The van der Waals surface area contributed by atoms with Gasteiger partial charge >= 0.3 is 12.2 Å². The van der Waals surface area contributed by atoms with Crippen LogP contribution in [-0.2, 0) is 32.2 Å². The third-order valence-electron chi connectivity index (χ3n) is 9.26. The fraction of sp³-hybridized carbons (Fsp3) is 0.455. The molecule has 0 aliphatic rings. The number of hydrogen-bond donors (Lipinski definition) is 4. The van der Waals surface area contributed by atoms with E-state index in [9.17, 15) is 19.2 Å². The number of carbonyl (C=O) groups is 4. The number of nitrogens with one attached hydrogen (secondary N) is 4. The Hall–Kier alpha value is -6.10. The van der Waals surface area contributed by atoms with Crippen molar-refractivity contribution in [3.8, 4) is 34.4 Å². The highest BCUT2D eigenvalue weighted by Crippen LogP contribution is 2.21. The summed E-state index contributed by atoms with van der Waals surface area (Å²) in [5.41, 5.74) is 5.17. The fourth-order valence-corrected chi connectivity index (χ4v) is 6.29. The number of rotatable bonds is 16. The van der Waals surface area contributed by atoms with Crippen molar-refractivity contribution < 1.29 is 28.7 Å². The topological polar surface area (TPSA) is 175 Å². The number of benzene rings is 2.